The summed E-state index contributed by atoms with van der Waals surface area (Å²) >= 11 is 3.28. The van der Waals surface area contributed by atoms with Crippen LogP contribution in [0.3, 0.4) is 0 Å². The molecule has 0 radical (unpaired) electrons. The molecule has 0 saturated carbocycles. The van der Waals surface area contributed by atoms with E-state index < -0.39 is 0 Å². The summed E-state index contributed by atoms with van der Waals surface area (Å²) in [5.74, 6) is -0.254. The average Bonchev–Trinajstić information content (AvgIpc) is 2.32. The van der Waals surface area contributed by atoms with Gasteiger partial charge in [-0.2, -0.15) is 0 Å². The predicted molar refractivity (Wildman–Crippen MR) is 71.6 cm³/mol. The largest absolute Gasteiger partial charge is 0.341 e. The van der Waals surface area contributed by atoms with Crippen molar-refractivity contribution in [3.8, 4) is 0 Å². The molecule has 1 aromatic carbocycles. The smallest absolute Gasteiger partial charge is 0.227 e. The topological polar surface area (TPSA) is 46.3 Å². The lowest BCUT2D eigenvalue weighted by Gasteiger charge is -2.31. The molecule has 3 nitrogen and oxygen atoms in total. The van der Waals surface area contributed by atoms with E-state index in [9.17, 15) is 9.18 Å². The van der Waals surface area contributed by atoms with Crippen LogP contribution in [0.15, 0.2) is 22.7 Å². The third-order valence-electron chi connectivity index (χ3n) is 3.17. The van der Waals surface area contributed by atoms with E-state index in [1.807, 2.05) is 0 Å². The Bertz CT molecular complexity index is 453. The minimum absolute atomic E-state index is 0.0532. The molecule has 18 heavy (non-hydrogen) atoms. The van der Waals surface area contributed by atoms with Gasteiger partial charge >= 0.3 is 0 Å². The molecule has 1 aromatic rings. The summed E-state index contributed by atoms with van der Waals surface area (Å²) in [6, 6.07) is 4.47. The van der Waals surface area contributed by atoms with Crippen LogP contribution in [0.4, 0.5) is 4.39 Å². The Kier molecular flexibility index (Phi) is 4.35. The van der Waals surface area contributed by atoms with Gasteiger partial charge in [0.05, 0.1) is 6.42 Å². The summed E-state index contributed by atoms with van der Waals surface area (Å²) in [6.45, 7) is 1.39. The third kappa shape index (κ3) is 3.29. The van der Waals surface area contributed by atoms with Gasteiger partial charge in [0.2, 0.25) is 5.91 Å². The van der Waals surface area contributed by atoms with Crippen molar-refractivity contribution in [1.29, 1.82) is 0 Å². The second-order valence-electron chi connectivity index (χ2n) is 4.65. The number of carbonyl (C=O) groups excluding carboxylic acids is 1. The molecule has 0 spiro atoms. The van der Waals surface area contributed by atoms with E-state index in [2.05, 4.69) is 15.9 Å². The number of hydrogen-bond donors (Lipinski definition) is 1. The van der Waals surface area contributed by atoms with Crippen molar-refractivity contribution < 1.29 is 9.18 Å². The lowest BCUT2D eigenvalue weighted by molar-refractivity contribution is -0.131. The zero-order valence-corrected chi connectivity index (χ0v) is 11.6. The lowest BCUT2D eigenvalue weighted by atomic mass is 10.1. The first-order chi connectivity index (χ1) is 8.56. The molecule has 1 atom stereocenters. The van der Waals surface area contributed by atoms with Gasteiger partial charge in [0, 0.05) is 23.6 Å². The monoisotopic (exact) mass is 314 g/mol. The van der Waals surface area contributed by atoms with E-state index in [4.69, 9.17) is 5.73 Å². The summed E-state index contributed by atoms with van der Waals surface area (Å²) in [7, 11) is 0. The van der Waals surface area contributed by atoms with Gasteiger partial charge < -0.3 is 10.6 Å². The van der Waals surface area contributed by atoms with Crippen molar-refractivity contribution in [3.63, 3.8) is 0 Å². The van der Waals surface area contributed by atoms with Crippen LogP contribution in [0.1, 0.15) is 18.4 Å². The molecule has 5 heteroatoms. The van der Waals surface area contributed by atoms with E-state index in [1.54, 1.807) is 11.0 Å². The van der Waals surface area contributed by atoms with Gasteiger partial charge in [0.1, 0.15) is 5.82 Å². The maximum absolute atomic E-state index is 12.9. The molecule has 0 bridgehead atoms. The standard InChI is InChI=1S/C13H16BrFN2O/c14-12-7-10(15)4-3-9(12)6-13(18)17-5-1-2-11(16)8-17/h3-4,7,11H,1-2,5-6,8,16H2/t11-/m0/s1. The van der Waals surface area contributed by atoms with Crippen molar-refractivity contribution in [1.82, 2.24) is 4.90 Å². The Morgan fingerprint density at radius 3 is 3.00 bits per heavy atom. The maximum atomic E-state index is 12.9. The van der Waals surface area contributed by atoms with Crippen molar-refractivity contribution >= 4 is 21.8 Å². The van der Waals surface area contributed by atoms with E-state index in [0.717, 1.165) is 24.9 Å². The van der Waals surface area contributed by atoms with Gasteiger partial charge in [-0.15, -0.1) is 0 Å². The molecule has 1 aliphatic heterocycles. The number of benzene rings is 1. The number of hydrogen-bond acceptors (Lipinski definition) is 2. The fraction of sp³-hybridized carbons (Fsp3) is 0.462. The zero-order chi connectivity index (χ0) is 13.1. The highest BCUT2D eigenvalue weighted by molar-refractivity contribution is 9.10. The van der Waals surface area contributed by atoms with E-state index >= 15 is 0 Å². The second-order valence-corrected chi connectivity index (χ2v) is 5.51. The molecular formula is C13H16BrFN2O. The molecular weight excluding hydrogens is 299 g/mol. The number of rotatable bonds is 2. The number of nitrogens with zero attached hydrogens (tertiary/aromatic N) is 1. The van der Waals surface area contributed by atoms with Gasteiger partial charge in [-0.3, -0.25) is 4.79 Å². The Balaban J connectivity index is 2.02. The van der Waals surface area contributed by atoms with Crippen LogP contribution < -0.4 is 5.73 Å². The fourth-order valence-electron chi connectivity index (χ4n) is 2.18. The maximum Gasteiger partial charge on any atom is 0.227 e. The van der Waals surface area contributed by atoms with E-state index in [-0.39, 0.29) is 24.2 Å². The SMILES string of the molecule is N[C@H]1CCCN(C(=O)Cc2ccc(F)cc2Br)C1. The van der Waals surface area contributed by atoms with E-state index in [0.29, 0.717) is 11.0 Å². The normalized spacial score (nSPS) is 19.9. The molecule has 2 N–H and O–H groups in total. The third-order valence-corrected chi connectivity index (χ3v) is 3.91. The quantitative estimate of drug-likeness (QED) is 0.908. The number of likely N-dealkylation sites (tertiary alicyclic amines) is 1. The van der Waals surface area contributed by atoms with Crippen LogP contribution >= 0.6 is 15.9 Å². The zero-order valence-electron chi connectivity index (χ0n) is 10.0. The van der Waals surface area contributed by atoms with Crippen LogP contribution in [0.25, 0.3) is 0 Å². The number of amides is 1. The Morgan fingerprint density at radius 1 is 1.56 bits per heavy atom. The van der Waals surface area contributed by atoms with Crippen LogP contribution in [0.5, 0.6) is 0 Å². The minimum Gasteiger partial charge on any atom is -0.341 e. The minimum atomic E-state index is -0.307. The van der Waals surface area contributed by atoms with Crippen LogP contribution in [-0.2, 0) is 11.2 Å². The average molecular weight is 315 g/mol. The molecule has 1 heterocycles. The van der Waals surface area contributed by atoms with Crippen LogP contribution in [0.2, 0.25) is 0 Å². The first-order valence-corrected chi connectivity index (χ1v) is 6.83. The van der Waals surface area contributed by atoms with Crippen molar-refractivity contribution in [2.75, 3.05) is 13.1 Å². The molecule has 0 unspecified atom stereocenters. The van der Waals surface area contributed by atoms with Crippen LogP contribution in [-0.4, -0.2) is 29.9 Å². The highest BCUT2D eigenvalue weighted by Gasteiger charge is 2.21. The van der Waals surface area contributed by atoms with E-state index in [1.165, 1.54) is 12.1 Å². The molecule has 0 aromatic heterocycles. The summed E-state index contributed by atoms with van der Waals surface area (Å²) in [5.41, 5.74) is 6.66. The molecule has 0 aliphatic carbocycles. The van der Waals surface area contributed by atoms with Crippen molar-refractivity contribution in [2.45, 2.75) is 25.3 Å². The highest BCUT2D eigenvalue weighted by Crippen LogP contribution is 2.20. The first kappa shape index (κ1) is 13.5. The molecule has 1 fully saturated rings. The lowest BCUT2D eigenvalue weighted by Crippen LogP contribution is -2.46. The van der Waals surface area contributed by atoms with Crippen molar-refractivity contribution in [2.24, 2.45) is 5.73 Å². The fourth-order valence-corrected chi connectivity index (χ4v) is 2.67. The van der Waals surface area contributed by atoms with Gasteiger partial charge in [-0.1, -0.05) is 22.0 Å². The Labute approximate surface area is 114 Å². The highest BCUT2D eigenvalue weighted by atomic mass is 79.9. The Hall–Kier alpha value is -0.940. The summed E-state index contributed by atoms with van der Waals surface area (Å²) < 4.78 is 13.6. The van der Waals surface area contributed by atoms with Gasteiger partial charge in [0.15, 0.2) is 0 Å². The number of nitrogens with two attached hydrogens (primary N) is 1. The molecule has 1 amide bonds. The predicted octanol–water partition coefficient (Wildman–Crippen LogP) is 2.08. The van der Waals surface area contributed by atoms with Gasteiger partial charge in [0.25, 0.3) is 0 Å². The van der Waals surface area contributed by atoms with Gasteiger partial charge in [-0.25, -0.2) is 4.39 Å². The molecule has 98 valence electrons. The summed E-state index contributed by atoms with van der Waals surface area (Å²) in [4.78, 5) is 13.9. The first-order valence-electron chi connectivity index (χ1n) is 6.03. The van der Waals surface area contributed by atoms with Crippen molar-refractivity contribution in [3.05, 3.63) is 34.1 Å². The van der Waals surface area contributed by atoms with Crippen LogP contribution in [0, 0.1) is 5.82 Å². The summed E-state index contributed by atoms with van der Waals surface area (Å²) in [5, 5.41) is 0. The molecule has 2 rings (SSSR count). The molecule has 1 saturated heterocycles. The number of carbonyl (C=O) groups is 1. The number of piperidine rings is 1. The summed E-state index contributed by atoms with van der Waals surface area (Å²) in [6.07, 6.45) is 2.22. The number of halogens is 2. The van der Waals surface area contributed by atoms with Gasteiger partial charge in [-0.05, 0) is 30.5 Å². The Morgan fingerprint density at radius 2 is 2.33 bits per heavy atom. The second kappa shape index (κ2) is 5.80. The molecule has 1 aliphatic rings.